The Bertz CT molecular complexity index is 722. The van der Waals surface area contributed by atoms with Gasteiger partial charge < -0.3 is 14.7 Å². The Hall–Kier alpha value is -2.37. The van der Waals surface area contributed by atoms with Gasteiger partial charge >= 0.3 is 0 Å². The van der Waals surface area contributed by atoms with E-state index < -0.39 is 0 Å². The lowest BCUT2D eigenvalue weighted by Crippen LogP contribution is -2.47. The lowest BCUT2D eigenvalue weighted by molar-refractivity contribution is 0.596. The number of hydrogen-bond acceptors (Lipinski definition) is 5. The second-order valence-corrected chi connectivity index (χ2v) is 7.06. The largest absolute Gasteiger partial charge is 0.366 e. The summed E-state index contributed by atoms with van der Waals surface area (Å²) in [4.78, 5) is 15.8. The van der Waals surface area contributed by atoms with Gasteiger partial charge in [-0.15, -0.1) is 0 Å². The molecule has 4 rings (SSSR count). The molecule has 138 valence electrons. The first-order valence-corrected chi connectivity index (χ1v) is 9.63. The van der Waals surface area contributed by atoms with Crippen LogP contribution in [0.15, 0.2) is 36.7 Å². The van der Waals surface area contributed by atoms with E-state index in [2.05, 4.69) is 30.7 Å². The molecule has 0 bridgehead atoms. The summed E-state index contributed by atoms with van der Waals surface area (Å²) in [5.41, 5.74) is 0.695. The van der Waals surface area contributed by atoms with Crippen LogP contribution in [0.25, 0.3) is 0 Å². The fourth-order valence-electron chi connectivity index (χ4n) is 3.87. The zero-order valence-corrected chi connectivity index (χ0v) is 15.1. The van der Waals surface area contributed by atoms with Crippen LogP contribution in [-0.2, 0) is 0 Å². The molecule has 3 heterocycles. The van der Waals surface area contributed by atoms with Crippen molar-refractivity contribution in [2.45, 2.75) is 25.7 Å². The number of aromatic nitrogens is 2. The van der Waals surface area contributed by atoms with Crippen molar-refractivity contribution < 1.29 is 4.39 Å². The third-order valence-corrected chi connectivity index (χ3v) is 5.37. The quantitative estimate of drug-likeness (QED) is 0.844. The molecule has 2 fully saturated rings. The highest BCUT2D eigenvalue weighted by Gasteiger charge is 2.21. The second kappa shape index (κ2) is 7.89. The molecule has 0 saturated carbocycles. The second-order valence-electron chi connectivity index (χ2n) is 7.06. The molecule has 1 aromatic carbocycles. The van der Waals surface area contributed by atoms with Crippen LogP contribution in [-0.4, -0.2) is 49.2 Å². The molecular weight excluding hydrogens is 329 g/mol. The molecule has 0 atom stereocenters. The molecule has 2 aromatic rings. The van der Waals surface area contributed by atoms with Gasteiger partial charge in [-0.2, -0.15) is 0 Å². The van der Waals surface area contributed by atoms with Crippen molar-refractivity contribution in [3.8, 4) is 0 Å². The SMILES string of the molecule is Fc1ccccc1N1CCN(c2cc(N3CCCCCC3)ncn2)CC1. The molecule has 5 nitrogen and oxygen atoms in total. The van der Waals surface area contributed by atoms with E-state index in [1.807, 2.05) is 12.1 Å². The van der Waals surface area contributed by atoms with Crippen LogP contribution in [0.5, 0.6) is 0 Å². The summed E-state index contributed by atoms with van der Waals surface area (Å²) in [5.74, 6) is 1.87. The Labute approximate surface area is 154 Å². The summed E-state index contributed by atoms with van der Waals surface area (Å²) < 4.78 is 14.0. The molecule has 2 aliphatic heterocycles. The summed E-state index contributed by atoms with van der Waals surface area (Å²) >= 11 is 0. The third kappa shape index (κ3) is 3.74. The van der Waals surface area contributed by atoms with Gasteiger partial charge in [0, 0.05) is 45.3 Å². The zero-order chi connectivity index (χ0) is 17.8. The monoisotopic (exact) mass is 355 g/mol. The number of nitrogens with zero attached hydrogens (tertiary/aromatic N) is 5. The summed E-state index contributed by atoms with van der Waals surface area (Å²) in [6, 6.07) is 9.12. The standard InChI is InChI=1S/C20H26FN5/c21-17-7-3-4-8-18(17)24-11-13-26(14-12-24)20-15-19(22-16-23-20)25-9-5-1-2-6-10-25/h3-4,7-8,15-16H,1-2,5-6,9-14H2. The first kappa shape index (κ1) is 17.1. The maximum atomic E-state index is 14.0. The van der Waals surface area contributed by atoms with E-state index in [1.54, 1.807) is 12.4 Å². The number of rotatable bonds is 3. The molecule has 1 aromatic heterocycles. The van der Waals surface area contributed by atoms with Crippen LogP contribution in [0.1, 0.15) is 25.7 Å². The summed E-state index contributed by atoms with van der Waals surface area (Å²) in [6.07, 6.45) is 6.78. The molecule has 0 aliphatic carbocycles. The average molecular weight is 355 g/mol. The van der Waals surface area contributed by atoms with Crippen molar-refractivity contribution >= 4 is 17.3 Å². The van der Waals surface area contributed by atoms with Crippen LogP contribution in [0.4, 0.5) is 21.7 Å². The molecule has 2 saturated heterocycles. The number of anilines is 3. The molecule has 2 aliphatic rings. The van der Waals surface area contributed by atoms with Crippen molar-refractivity contribution in [1.29, 1.82) is 0 Å². The number of halogens is 1. The van der Waals surface area contributed by atoms with Gasteiger partial charge in [0.2, 0.25) is 0 Å². The fourth-order valence-corrected chi connectivity index (χ4v) is 3.87. The molecular formula is C20H26FN5. The van der Waals surface area contributed by atoms with Gasteiger partial charge in [0.15, 0.2) is 0 Å². The van der Waals surface area contributed by atoms with E-state index in [9.17, 15) is 4.39 Å². The third-order valence-electron chi connectivity index (χ3n) is 5.37. The molecule has 0 spiro atoms. The van der Waals surface area contributed by atoms with Gasteiger partial charge in [0.1, 0.15) is 23.8 Å². The summed E-state index contributed by atoms with van der Waals surface area (Å²) in [5, 5.41) is 0. The van der Waals surface area contributed by atoms with Crippen LogP contribution in [0.2, 0.25) is 0 Å². The van der Waals surface area contributed by atoms with Gasteiger partial charge in [-0.05, 0) is 25.0 Å². The van der Waals surface area contributed by atoms with Gasteiger partial charge in [0.05, 0.1) is 5.69 Å². The van der Waals surface area contributed by atoms with Crippen LogP contribution in [0.3, 0.4) is 0 Å². The Morgan fingerprint density at radius 1 is 0.692 bits per heavy atom. The van der Waals surface area contributed by atoms with Crippen molar-refractivity contribution in [2.24, 2.45) is 0 Å². The van der Waals surface area contributed by atoms with E-state index in [0.717, 1.165) is 50.9 Å². The van der Waals surface area contributed by atoms with Gasteiger partial charge in [-0.1, -0.05) is 25.0 Å². The molecule has 0 amide bonds. The highest BCUT2D eigenvalue weighted by Crippen LogP contribution is 2.24. The minimum absolute atomic E-state index is 0.147. The Balaban J connectivity index is 1.43. The van der Waals surface area contributed by atoms with E-state index >= 15 is 0 Å². The Kier molecular flexibility index (Phi) is 5.18. The predicted molar refractivity (Wildman–Crippen MR) is 104 cm³/mol. The molecule has 6 heteroatoms. The maximum Gasteiger partial charge on any atom is 0.146 e. The summed E-state index contributed by atoms with van der Waals surface area (Å²) in [6.45, 7) is 5.43. The van der Waals surface area contributed by atoms with Gasteiger partial charge in [0.25, 0.3) is 0 Å². The minimum atomic E-state index is -0.147. The lowest BCUT2D eigenvalue weighted by Gasteiger charge is -2.37. The Morgan fingerprint density at radius 2 is 1.27 bits per heavy atom. The fraction of sp³-hybridized carbons (Fsp3) is 0.500. The first-order chi connectivity index (χ1) is 12.8. The van der Waals surface area contributed by atoms with Gasteiger partial charge in [-0.3, -0.25) is 0 Å². The van der Waals surface area contributed by atoms with E-state index in [1.165, 1.54) is 31.7 Å². The number of benzene rings is 1. The molecule has 0 unspecified atom stereocenters. The number of para-hydroxylation sites is 1. The highest BCUT2D eigenvalue weighted by molar-refractivity contribution is 5.53. The van der Waals surface area contributed by atoms with Gasteiger partial charge in [-0.25, -0.2) is 14.4 Å². The highest BCUT2D eigenvalue weighted by atomic mass is 19.1. The number of piperazine rings is 1. The Morgan fingerprint density at radius 3 is 1.92 bits per heavy atom. The molecule has 0 N–H and O–H groups in total. The normalized spacial score (nSPS) is 18.7. The van der Waals surface area contributed by atoms with Crippen LogP contribution < -0.4 is 14.7 Å². The van der Waals surface area contributed by atoms with Crippen molar-refractivity contribution in [3.63, 3.8) is 0 Å². The molecule has 0 radical (unpaired) electrons. The molecule has 26 heavy (non-hydrogen) atoms. The van der Waals surface area contributed by atoms with Crippen molar-refractivity contribution in [2.75, 3.05) is 54.0 Å². The van der Waals surface area contributed by atoms with Crippen molar-refractivity contribution in [1.82, 2.24) is 9.97 Å². The maximum absolute atomic E-state index is 14.0. The minimum Gasteiger partial charge on any atom is -0.366 e. The lowest BCUT2D eigenvalue weighted by atomic mass is 10.2. The topological polar surface area (TPSA) is 35.5 Å². The van der Waals surface area contributed by atoms with Crippen molar-refractivity contribution in [3.05, 3.63) is 42.5 Å². The van der Waals surface area contributed by atoms with E-state index in [0.29, 0.717) is 5.69 Å². The average Bonchev–Trinajstić information content (AvgIpc) is 2.98. The number of hydrogen-bond donors (Lipinski definition) is 0. The van der Waals surface area contributed by atoms with Crippen LogP contribution in [0, 0.1) is 5.82 Å². The first-order valence-electron chi connectivity index (χ1n) is 9.63. The summed E-state index contributed by atoms with van der Waals surface area (Å²) in [7, 11) is 0. The van der Waals surface area contributed by atoms with Crippen LogP contribution >= 0.6 is 0 Å². The smallest absolute Gasteiger partial charge is 0.146 e. The predicted octanol–water partition coefficient (Wildman–Crippen LogP) is 3.32. The zero-order valence-electron chi connectivity index (χ0n) is 15.1. The van der Waals surface area contributed by atoms with E-state index in [4.69, 9.17) is 0 Å². The van der Waals surface area contributed by atoms with E-state index in [-0.39, 0.29) is 5.82 Å².